The summed E-state index contributed by atoms with van der Waals surface area (Å²) in [4.78, 5) is 0. The third-order valence-electron chi connectivity index (χ3n) is 2.33. The highest BCUT2D eigenvalue weighted by atomic mass is 16.3. The fraction of sp³-hybridized carbons (Fsp3) is 0.700. The third-order valence-corrected chi connectivity index (χ3v) is 2.33. The van der Waals surface area contributed by atoms with Crippen molar-refractivity contribution in [2.45, 2.75) is 32.9 Å². The lowest BCUT2D eigenvalue weighted by atomic mass is 10.3. The second-order valence-corrected chi connectivity index (χ2v) is 3.79. The molecule has 0 bridgehead atoms. The molecule has 0 aromatic carbocycles. The number of hydrogen-bond acceptors (Lipinski definition) is 5. The lowest BCUT2D eigenvalue weighted by molar-refractivity contribution is 0.105. The van der Waals surface area contributed by atoms with Crippen molar-refractivity contribution in [3.8, 4) is 0 Å². The van der Waals surface area contributed by atoms with Crippen molar-refractivity contribution in [1.29, 1.82) is 0 Å². The van der Waals surface area contributed by atoms with Gasteiger partial charge < -0.3 is 21.3 Å². The maximum atomic E-state index is 9.25. The minimum absolute atomic E-state index is 0.259. The molecule has 1 rings (SSSR count). The van der Waals surface area contributed by atoms with Gasteiger partial charge in [-0.1, -0.05) is 6.92 Å². The van der Waals surface area contributed by atoms with E-state index in [1.54, 1.807) is 4.68 Å². The molecule has 1 aromatic heterocycles. The summed E-state index contributed by atoms with van der Waals surface area (Å²) in [6, 6.07) is 0. The Labute approximate surface area is 95.1 Å². The molecule has 0 radical (unpaired) electrons. The van der Waals surface area contributed by atoms with Gasteiger partial charge in [0.2, 0.25) is 0 Å². The van der Waals surface area contributed by atoms with E-state index >= 15 is 0 Å². The van der Waals surface area contributed by atoms with E-state index in [0.29, 0.717) is 11.5 Å². The second kappa shape index (κ2) is 5.72. The van der Waals surface area contributed by atoms with Crippen molar-refractivity contribution in [3.63, 3.8) is 0 Å². The second-order valence-electron chi connectivity index (χ2n) is 3.79. The topological polar surface area (TPSA) is 96.3 Å². The molecule has 0 aliphatic heterocycles. The van der Waals surface area contributed by atoms with Gasteiger partial charge in [-0.05, 0) is 13.3 Å². The minimum Gasteiger partial charge on any atom is -0.394 e. The van der Waals surface area contributed by atoms with Crippen molar-refractivity contribution < 1.29 is 10.2 Å². The number of aliphatic hydroxyl groups excluding tert-OH is 2. The SMILES string of the molecule is CCCn1nc(C)c(N)c1NCC(O)CO. The van der Waals surface area contributed by atoms with Gasteiger partial charge in [0.1, 0.15) is 5.82 Å². The molecule has 0 aliphatic carbocycles. The molecule has 92 valence electrons. The minimum atomic E-state index is -0.787. The largest absolute Gasteiger partial charge is 0.394 e. The summed E-state index contributed by atoms with van der Waals surface area (Å²) in [6.07, 6.45) is 0.169. The van der Waals surface area contributed by atoms with Gasteiger partial charge in [-0.2, -0.15) is 5.10 Å². The van der Waals surface area contributed by atoms with E-state index in [0.717, 1.165) is 18.7 Å². The highest BCUT2D eigenvalue weighted by Gasteiger charge is 2.12. The van der Waals surface area contributed by atoms with E-state index in [1.165, 1.54) is 0 Å². The molecule has 5 N–H and O–H groups in total. The van der Waals surface area contributed by atoms with Crippen LogP contribution in [0.5, 0.6) is 0 Å². The van der Waals surface area contributed by atoms with Crippen LogP contribution in [0.3, 0.4) is 0 Å². The predicted molar refractivity (Wildman–Crippen MR) is 63.2 cm³/mol. The molecular formula is C10H20N4O2. The molecule has 16 heavy (non-hydrogen) atoms. The predicted octanol–water partition coefficient (Wildman–Crippen LogP) is -0.0512. The summed E-state index contributed by atoms with van der Waals surface area (Å²) >= 11 is 0. The average molecular weight is 228 g/mol. The Morgan fingerprint density at radius 1 is 1.56 bits per heavy atom. The van der Waals surface area contributed by atoms with Crippen LogP contribution in [-0.4, -0.2) is 39.2 Å². The van der Waals surface area contributed by atoms with Crippen LogP contribution in [0, 0.1) is 6.92 Å². The van der Waals surface area contributed by atoms with Crippen LogP contribution in [0.15, 0.2) is 0 Å². The van der Waals surface area contributed by atoms with Crippen molar-refractivity contribution in [1.82, 2.24) is 9.78 Å². The lowest BCUT2D eigenvalue weighted by Gasteiger charge is -2.12. The van der Waals surface area contributed by atoms with Gasteiger partial charge in [0.15, 0.2) is 0 Å². The summed E-state index contributed by atoms with van der Waals surface area (Å²) in [7, 11) is 0. The molecule has 1 heterocycles. The molecule has 0 aliphatic rings. The van der Waals surface area contributed by atoms with Crippen LogP contribution in [0.2, 0.25) is 0 Å². The Balaban J connectivity index is 2.76. The number of rotatable bonds is 6. The molecule has 1 atom stereocenters. The van der Waals surface area contributed by atoms with Gasteiger partial charge in [-0.25, -0.2) is 4.68 Å². The zero-order valence-corrected chi connectivity index (χ0v) is 9.77. The Morgan fingerprint density at radius 3 is 2.81 bits per heavy atom. The van der Waals surface area contributed by atoms with Crippen molar-refractivity contribution in [2.24, 2.45) is 0 Å². The van der Waals surface area contributed by atoms with Crippen LogP contribution >= 0.6 is 0 Å². The highest BCUT2D eigenvalue weighted by Crippen LogP contribution is 2.22. The number of aliphatic hydroxyl groups is 2. The standard InChI is InChI=1S/C10H20N4O2/c1-3-4-14-10(9(11)7(2)13-14)12-5-8(16)6-15/h8,12,15-16H,3-6,11H2,1-2H3. The van der Waals surface area contributed by atoms with Gasteiger partial charge in [0.05, 0.1) is 24.1 Å². The quantitative estimate of drug-likeness (QED) is 0.547. The van der Waals surface area contributed by atoms with Crippen LogP contribution in [-0.2, 0) is 6.54 Å². The normalized spacial score (nSPS) is 12.8. The molecule has 0 spiro atoms. The summed E-state index contributed by atoms with van der Waals surface area (Å²) in [6.45, 7) is 4.66. The van der Waals surface area contributed by atoms with E-state index < -0.39 is 6.10 Å². The molecule has 0 saturated heterocycles. The molecule has 6 heteroatoms. The van der Waals surface area contributed by atoms with Crippen LogP contribution in [0.4, 0.5) is 11.5 Å². The fourth-order valence-electron chi connectivity index (χ4n) is 1.43. The first-order valence-electron chi connectivity index (χ1n) is 5.45. The summed E-state index contributed by atoms with van der Waals surface area (Å²) in [5.74, 6) is 0.715. The van der Waals surface area contributed by atoms with E-state index in [-0.39, 0.29) is 13.2 Å². The number of nitrogens with one attached hydrogen (secondary N) is 1. The number of aryl methyl sites for hydroxylation is 2. The smallest absolute Gasteiger partial charge is 0.148 e. The van der Waals surface area contributed by atoms with Crippen molar-refractivity contribution in [2.75, 3.05) is 24.2 Å². The fourth-order valence-corrected chi connectivity index (χ4v) is 1.43. The zero-order valence-electron chi connectivity index (χ0n) is 9.77. The summed E-state index contributed by atoms with van der Waals surface area (Å²) in [5, 5.41) is 25.3. The summed E-state index contributed by atoms with van der Waals surface area (Å²) in [5.41, 5.74) is 7.24. The van der Waals surface area contributed by atoms with Crippen LogP contribution in [0.25, 0.3) is 0 Å². The maximum absolute atomic E-state index is 9.25. The number of aromatic nitrogens is 2. The first-order valence-corrected chi connectivity index (χ1v) is 5.45. The Bertz CT molecular complexity index is 338. The van der Waals surface area contributed by atoms with Crippen LogP contribution in [0.1, 0.15) is 19.0 Å². The Morgan fingerprint density at radius 2 is 2.25 bits per heavy atom. The van der Waals surface area contributed by atoms with E-state index in [1.807, 2.05) is 6.92 Å². The molecule has 0 saturated carbocycles. The molecule has 0 amide bonds. The zero-order chi connectivity index (χ0) is 12.1. The van der Waals surface area contributed by atoms with Gasteiger partial charge in [-0.15, -0.1) is 0 Å². The third kappa shape index (κ3) is 2.86. The molecule has 6 nitrogen and oxygen atoms in total. The molecule has 0 fully saturated rings. The Hall–Kier alpha value is -1.27. The highest BCUT2D eigenvalue weighted by molar-refractivity contribution is 5.64. The van der Waals surface area contributed by atoms with E-state index in [2.05, 4.69) is 17.3 Å². The Kier molecular flexibility index (Phi) is 4.57. The van der Waals surface area contributed by atoms with E-state index in [9.17, 15) is 5.11 Å². The van der Waals surface area contributed by atoms with E-state index in [4.69, 9.17) is 10.8 Å². The monoisotopic (exact) mass is 228 g/mol. The van der Waals surface area contributed by atoms with Gasteiger partial charge in [0, 0.05) is 13.1 Å². The maximum Gasteiger partial charge on any atom is 0.148 e. The number of nitrogen functional groups attached to an aromatic ring is 1. The summed E-state index contributed by atoms with van der Waals surface area (Å²) < 4.78 is 1.79. The first-order chi connectivity index (χ1) is 7.60. The average Bonchev–Trinajstić information content (AvgIpc) is 2.53. The molecule has 1 aromatic rings. The van der Waals surface area contributed by atoms with Gasteiger partial charge in [0.25, 0.3) is 0 Å². The van der Waals surface area contributed by atoms with Gasteiger partial charge >= 0.3 is 0 Å². The first kappa shape index (κ1) is 12.8. The number of hydrogen-bond donors (Lipinski definition) is 4. The number of anilines is 2. The number of nitrogens with two attached hydrogens (primary N) is 1. The number of nitrogens with zero attached hydrogens (tertiary/aromatic N) is 2. The lowest BCUT2D eigenvalue weighted by Crippen LogP contribution is -2.24. The van der Waals surface area contributed by atoms with Crippen molar-refractivity contribution in [3.05, 3.63) is 5.69 Å². The molecular weight excluding hydrogens is 208 g/mol. The molecule has 1 unspecified atom stereocenters. The van der Waals surface area contributed by atoms with Gasteiger partial charge in [-0.3, -0.25) is 0 Å². The van der Waals surface area contributed by atoms with Crippen LogP contribution < -0.4 is 11.1 Å². The van der Waals surface area contributed by atoms with Crippen molar-refractivity contribution >= 4 is 11.5 Å².